The van der Waals surface area contributed by atoms with Gasteiger partial charge in [-0.1, -0.05) is 12.1 Å². The minimum atomic E-state index is -0.0602. The van der Waals surface area contributed by atoms with E-state index in [1.807, 2.05) is 57.2 Å². The van der Waals surface area contributed by atoms with Crippen molar-refractivity contribution >= 4 is 16.7 Å². The maximum atomic E-state index is 12.2. The van der Waals surface area contributed by atoms with Crippen molar-refractivity contribution in [3.63, 3.8) is 0 Å². The molecule has 2 heterocycles. The fraction of sp³-hybridized carbons (Fsp3) is 0.222. The molecular formula is C18H19N3O. The van der Waals surface area contributed by atoms with Crippen LogP contribution in [0.2, 0.25) is 0 Å². The number of H-pyrrole nitrogens is 1. The highest BCUT2D eigenvalue weighted by molar-refractivity contribution is 5.79. The molecule has 0 spiro atoms. The number of hydrogen-bond acceptors (Lipinski definition) is 3. The van der Waals surface area contributed by atoms with Crippen molar-refractivity contribution < 1.29 is 0 Å². The normalized spacial score (nSPS) is 10.9. The number of hydrogen-bond donors (Lipinski definition) is 2. The van der Waals surface area contributed by atoms with Crippen molar-refractivity contribution in [1.82, 2.24) is 9.97 Å². The van der Waals surface area contributed by atoms with Gasteiger partial charge >= 0.3 is 0 Å². The summed E-state index contributed by atoms with van der Waals surface area (Å²) < 4.78 is 0. The van der Waals surface area contributed by atoms with Crippen LogP contribution in [-0.4, -0.2) is 9.97 Å². The van der Waals surface area contributed by atoms with Crippen LogP contribution in [0.25, 0.3) is 10.9 Å². The first-order chi connectivity index (χ1) is 10.5. The molecule has 0 bridgehead atoms. The first-order valence-electron chi connectivity index (χ1n) is 7.33. The summed E-state index contributed by atoms with van der Waals surface area (Å²) >= 11 is 0. The van der Waals surface area contributed by atoms with Crippen LogP contribution in [0.4, 0.5) is 5.82 Å². The zero-order chi connectivity index (χ0) is 15.7. The summed E-state index contributed by atoms with van der Waals surface area (Å²) in [6.45, 7) is 6.46. The molecule has 3 rings (SSSR count). The zero-order valence-corrected chi connectivity index (χ0v) is 13.0. The van der Waals surface area contributed by atoms with Crippen molar-refractivity contribution in [2.24, 2.45) is 0 Å². The van der Waals surface area contributed by atoms with Crippen LogP contribution in [0.15, 0.2) is 41.2 Å². The lowest BCUT2D eigenvalue weighted by Crippen LogP contribution is -2.16. The SMILES string of the molecule is Cc1cc(C)nc(NCc2cc3ccc(C)cc3[nH]c2=O)c1. The predicted octanol–water partition coefficient (Wildman–Crippen LogP) is 3.46. The number of aromatic nitrogens is 2. The lowest BCUT2D eigenvalue weighted by Gasteiger charge is -2.08. The van der Waals surface area contributed by atoms with Gasteiger partial charge in [0.15, 0.2) is 0 Å². The Morgan fingerprint density at radius 3 is 2.64 bits per heavy atom. The van der Waals surface area contributed by atoms with Crippen LogP contribution in [0, 0.1) is 20.8 Å². The molecule has 3 aromatic rings. The molecule has 0 saturated heterocycles. The Morgan fingerprint density at radius 2 is 1.86 bits per heavy atom. The average Bonchev–Trinajstić information content (AvgIpc) is 2.44. The molecule has 1 aromatic carbocycles. The van der Waals surface area contributed by atoms with Crippen molar-refractivity contribution in [2.75, 3.05) is 5.32 Å². The Labute approximate surface area is 129 Å². The lowest BCUT2D eigenvalue weighted by atomic mass is 10.1. The summed E-state index contributed by atoms with van der Waals surface area (Å²) in [6, 6.07) is 12.0. The third-order valence-corrected chi connectivity index (χ3v) is 3.64. The van der Waals surface area contributed by atoms with E-state index in [0.29, 0.717) is 12.1 Å². The molecule has 0 aliphatic carbocycles. The molecule has 0 unspecified atom stereocenters. The average molecular weight is 293 g/mol. The van der Waals surface area contributed by atoms with Gasteiger partial charge in [-0.05, 0) is 61.5 Å². The monoisotopic (exact) mass is 293 g/mol. The minimum absolute atomic E-state index is 0.0602. The Kier molecular flexibility index (Phi) is 3.67. The van der Waals surface area contributed by atoms with E-state index in [9.17, 15) is 4.79 Å². The molecule has 0 radical (unpaired) electrons. The number of aryl methyl sites for hydroxylation is 3. The number of benzene rings is 1. The van der Waals surface area contributed by atoms with Gasteiger partial charge in [-0.3, -0.25) is 4.79 Å². The van der Waals surface area contributed by atoms with Crippen molar-refractivity contribution in [2.45, 2.75) is 27.3 Å². The topological polar surface area (TPSA) is 57.8 Å². The Hall–Kier alpha value is -2.62. The maximum Gasteiger partial charge on any atom is 0.253 e. The summed E-state index contributed by atoms with van der Waals surface area (Å²) in [4.78, 5) is 19.6. The van der Waals surface area contributed by atoms with Gasteiger partial charge in [0.25, 0.3) is 5.56 Å². The van der Waals surface area contributed by atoms with Crippen LogP contribution in [0.1, 0.15) is 22.4 Å². The minimum Gasteiger partial charge on any atom is -0.366 e. The molecule has 0 aliphatic heterocycles. The third kappa shape index (κ3) is 3.01. The highest BCUT2D eigenvalue weighted by Gasteiger charge is 2.04. The number of rotatable bonds is 3. The van der Waals surface area contributed by atoms with Gasteiger partial charge in [0.1, 0.15) is 5.82 Å². The number of fused-ring (bicyclic) bond motifs is 1. The second-order valence-electron chi connectivity index (χ2n) is 5.74. The molecule has 2 N–H and O–H groups in total. The van der Waals surface area contributed by atoms with E-state index in [-0.39, 0.29) is 5.56 Å². The highest BCUT2D eigenvalue weighted by atomic mass is 16.1. The van der Waals surface area contributed by atoms with Crippen LogP contribution >= 0.6 is 0 Å². The highest BCUT2D eigenvalue weighted by Crippen LogP contribution is 2.14. The summed E-state index contributed by atoms with van der Waals surface area (Å²) in [5.41, 5.74) is 4.77. The summed E-state index contributed by atoms with van der Waals surface area (Å²) in [5.74, 6) is 0.793. The van der Waals surface area contributed by atoms with Gasteiger partial charge in [0.05, 0.1) is 0 Å². The molecule has 0 saturated carbocycles. The van der Waals surface area contributed by atoms with Crippen LogP contribution in [0.5, 0.6) is 0 Å². The van der Waals surface area contributed by atoms with E-state index in [1.54, 1.807) is 0 Å². The number of nitrogens with zero attached hydrogens (tertiary/aromatic N) is 1. The van der Waals surface area contributed by atoms with E-state index in [1.165, 1.54) is 0 Å². The standard InChI is InChI=1S/C18H19N3O/c1-11-4-5-14-9-15(18(22)21-16(14)7-11)10-19-17-8-12(2)6-13(3)20-17/h4-9H,10H2,1-3H3,(H,19,20)(H,21,22). The fourth-order valence-corrected chi connectivity index (χ4v) is 2.61. The second-order valence-corrected chi connectivity index (χ2v) is 5.74. The summed E-state index contributed by atoms with van der Waals surface area (Å²) in [6.07, 6.45) is 0. The molecule has 4 heteroatoms. The molecule has 22 heavy (non-hydrogen) atoms. The Balaban J connectivity index is 1.89. The zero-order valence-electron chi connectivity index (χ0n) is 13.0. The van der Waals surface area contributed by atoms with E-state index < -0.39 is 0 Å². The van der Waals surface area contributed by atoms with Gasteiger partial charge in [0.2, 0.25) is 0 Å². The van der Waals surface area contributed by atoms with Crippen LogP contribution in [-0.2, 0) is 6.54 Å². The van der Waals surface area contributed by atoms with Gasteiger partial charge in [-0.25, -0.2) is 4.98 Å². The molecule has 2 aromatic heterocycles. The maximum absolute atomic E-state index is 12.2. The summed E-state index contributed by atoms with van der Waals surface area (Å²) in [5, 5.41) is 4.27. The lowest BCUT2D eigenvalue weighted by molar-refractivity contribution is 1.05. The van der Waals surface area contributed by atoms with Gasteiger partial charge in [-0.15, -0.1) is 0 Å². The first kappa shape index (κ1) is 14.3. The molecular weight excluding hydrogens is 274 g/mol. The first-order valence-corrected chi connectivity index (χ1v) is 7.33. The van der Waals surface area contributed by atoms with Crippen molar-refractivity contribution in [1.29, 1.82) is 0 Å². The van der Waals surface area contributed by atoms with Crippen LogP contribution in [0.3, 0.4) is 0 Å². The van der Waals surface area contributed by atoms with Crippen molar-refractivity contribution in [3.8, 4) is 0 Å². The van der Waals surface area contributed by atoms with E-state index in [4.69, 9.17) is 0 Å². The number of pyridine rings is 2. The van der Waals surface area contributed by atoms with E-state index in [2.05, 4.69) is 15.3 Å². The number of nitrogens with one attached hydrogen (secondary N) is 2. The summed E-state index contributed by atoms with van der Waals surface area (Å²) in [7, 11) is 0. The molecule has 112 valence electrons. The van der Waals surface area contributed by atoms with E-state index >= 15 is 0 Å². The Bertz CT molecular complexity index is 876. The molecule has 4 nitrogen and oxygen atoms in total. The predicted molar refractivity (Wildman–Crippen MR) is 90.3 cm³/mol. The molecule has 0 amide bonds. The van der Waals surface area contributed by atoms with Crippen LogP contribution < -0.4 is 10.9 Å². The molecule has 0 fully saturated rings. The second kappa shape index (κ2) is 5.64. The van der Waals surface area contributed by atoms with E-state index in [0.717, 1.165) is 33.5 Å². The number of anilines is 1. The third-order valence-electron chi connectivity index (χ3n) is 3.64. The molecule has 0 atom stereocenters. The largest absolute Gasteiger partial charge is 0.366 e. The van der Waals surface area contributed by atoms with Gasteiger partial charge in [-0.2, -0.15) is 0 Å². The number of aromatic amines is 1. The fourth-order valence-electron chi connectivity index (χ4n) is 2.61. The Morgan fingerprint density at radius 1 is 1.05 bits per heavy atom. The van der Waals surface area contributed by atoms with Gasteiger partial charge < -0.3 is 10.3 Å². The molecule has 0 aliphatic rings. The quantitative estimate of drug-likeness (QED) is 0.777. The smallest absolute Gasteiger partial charge is 0.253 e. The van der Waals surface area contributed by atoms with Crippen molar-refractivity contribution in [3.05, 3.63) is 69.1 Å². The van der Waals surface area contributed by atoms with Gasteiger partial charge in [0, 0.05) is 23.3 Å².